The summed E-state index contributed by atoms with van der Waals surface area (Å²) >= 11 is 0. The number of ether oxygens (including phenoxy) is 2. The minimum Gasteiger partial charge on any atom is -0.493 e. The van der Waals surface area contributed by atoms with E-state index in [1.165, 1.54) is 31.2 Å². The van der Waals surface area contributed by atoms with E-state index < -0.39 is 0 Å². The zero-order valence-electron chi connectivity index (χ0n) is 14.3. The number of benzene rings is 1. The van der Waals surface area contributed by atoms with Crippen molar-refractivity contribution >= 4 is 0 Å². The predicted molar refractivity (Wildman–Crippen MR) is 89.2 cm³/mol. The first-order valence-corrected chi connectivity index (χ1v) is 7.94. The van der Waals surface area contributed by atoms with Crippen LogP contribution in [-0.4, -0.2) is 20.8 Å². The fourth-order valence-corrected chi connectivity index (χ4v) is 2.48. The van der Waals surface area contributed by atoms with E-state index in [2.05, 4.69) is 32.2 Å². The Morgan fingerprint density at radius 1 is 1.05 bits per heavy atom. The molecule has 120 valence electrons. The van der Waals surface area contributed by atoms with Crippen LogP contribution in [0.2, 0.25) is 0 Å². The molecule has 0 amide bonds. The maximum Gasteiger partial charge on any atom is 0.161 e. The summed E-state index contributed by atoms with van der Waals surface area (Å²) < 4.78 is 10.6. The van der Waals surface area contributed by atoms with Crippen LogP contribution >= 0.6 is 0 Å². The van der Waals surface area contributed by atoms with Crippen LogP contribution in [-0.2, 0) is 6.54 Å². The first-order valence-electron chi connectivity index (χ1n) is 7.94. The van der Waals surface area contributed by atoms with Crippen LogP contribution in [0.1, 0.15) is 52.0 Å². The molecule has 0 spiro atoms. The monoisotopic (exact) mass is 293 g/mol. The number of hydrogen-bond donors (Lipinski definition) is 1. The van der Waals surface area contributed by atoms with Crippen LogP contribution < -0.4 is 14.8 Å². The van der Waals surface area contributed by atoms with Gasteiger partial charge in [0.25, 0.3) is 0 Å². The third kappa shape index (κ3) is 6.38. The third-order valence-corrected chi connectivity index (χ3v) is 3.84. The molecule has 0 saturated heterocycles. The van der Waals surface area contributed by atoms with Crippen molar-refractivity contribution in [3.05, 3.63) is 23.8 Å². The first-order chi connectivity index (χ1) is 10.0. The van der Waals surface area contributed by atoms with Gasteiger partial charge in [-0.2, -0.15) is 0 Å². The van der Waals surface area contributed by atoms with Gasteiger partial charge in [-0.05, 0) is 29.5 Å². The summed E-state index contributed by atoms with van der Waals surface area (Å²) in [6.45, 7) is 8.82. The molecule has 0 heterocycles. The van der Waals surface area contributed by atoms with Gasteiger partial charge in [-0.25, -0.2) is 0 Å². The highest BCUT2D eigenvalue weighted by atomic mass is 16.5. The zero-order valence-corrected chi connectivity index (χ0v) is 14.3. The van der Waals surface area contributed by atoms with Crippen LogP contribution in [0, 0.1) is 5.41 Å². The molecule has 1 aromatic carbocycles. The van der Waals surface area contributed by atoms with Crippen molar-refractivity contribution < 1.29 is 9.47 Å². The minimum atomic E-state index is 0.353. The molecule has 3 nitrogen and oxygen atoms in total. The number of nitrogens with one attached hydrogen (secondary N) is 1. The fourth-order valence-electron chi connectivity index (χ4n) is 2.48. The van der Waals surface area contributed by atoms with E-state index in [9.17, 15) is 0 Å². The van der Waals surface area contributed by atoms with Crippen molar-refractivity contribution in [2.75, 3.05) is 20.8 Å². The lowest BCUT2D eigenvalue weighted by Crippen LogP contribution is -2.29. The van der Waals surface area contributed by atoms with Gasteiger partial charge in [0.1, 0.15) is 0 Å². The van der Waals surface area contributed by atoms with Crippen LogP contribution in [0.15, 0.2) is 18.2 Å². The maximum absolute atomic E-state index is 5.34. The molecule has 0 radical (unpaired) electrons. The highest BCUT2D eigenvalue weighted by Crippen LogP contribution is 2.28. The summed E-state index contributed by atoms with van der Waals surface area (Å²) in [6, 6.07) is 6.08. The molecule has 0 aromatic heterocycles. The molecule has 1 aromatic rings. The fraction of sp³-hybridized carbons (Fsp3) is 0.667. The second-order valence-corrected chi connectivity index (χ2v) is 6.41. The van der Waals surface area contributed by atoms with Crippen LogP contribution in [0.5, 0.6) is 11.5 Å². The lowest BCUT2D eigenvalue weighted by Gasteiger charge is -2.25. The molecule has 0 saturated carbocycles. The molecule has 1 rings (SSSR count). The quantitative estimate of drug-likeness (QED) is 0.649. The largest absolute Gasteiger partial charge is 0.493 e. The average molecular weight is 293 g/mol. The van der Waals surface area contributed by atoms with Crippen molar-refractivity contribution in [3.63, 3.8) is 0 Å². The molecule has 0 aliphatic rings. The average Bonchev–Trinajstić information content (AvgIpc) is 2.47. The molecule has 0 bridgehead atoms. The maximum atomic E-state index is 5.34. The lowest BCUT2D eigenvalue weighted by atomic mass is 9.87. The lowest BCUT2D eigenvalue weighted by molar-refractivity contribution is 0.301. The van der Waals surface area contributed by atoms with Gasteiger partial charge >= 0.3 is 0 Å². The Labute approximate surface area is 130 Å². The number of rotatable bonds is 10. The van der Waals surface area contributed by atoms with E-state index in [4.69, 9.17) is 9.47 Å². The van der Waals surface area contributed by atoms with E-state index in [-0.39, 0.29) is 0 Å². The summed E-state index contributed by atoms with van der Waals surface area (Å²) in [7, 11) is 3.33. The normalized spacial score (nSPS) is 11.5. The Kier molecular flexibility index (Phi) is 7.58. The molecule has 0 aliphatic heterocycles. The summed E-state index contributed by atoms with van der Waals surface area (Å²) in [4.78, 5) is 0. The molecule has 0 unspecified atom stereocenters. The Morgan fingerprint density at radius 3 is 2.38 bits per heavy atom. The van der Waals surface area contributed by atoms with E-state index in [0.29, 0.717) is 5.41 Å². The Bertz CT molecular complexity index is 416. The standard InChI is InChI=1S/C18H31NO2/c1-6-7-8-11-18(2,3)14-19-13-15-9-10-16(20-4)17(12-15)21-5/h9-10,12,19H,6-8,11,13-14H2,1-5H3. The summed E-state index contributed by atoms with van der Waals surface area (Å²) in [6.07, 6.45) is 5.22. The molecule has 0 atom stereocenters. The van der Waals surface area contributed by atoms with E-state index in [1.807, 2.05) is 12.1 Å². The first kappa shape index (κ1) is 17.8. The topological polar surface area (TPSA) is 30.5 Å². The summed E-state index contributed by atoms with van der Waals surface area (Å²) in [5, 5.41) is 3.56. The predicted octanol–water partition coefficient (Wildman–Crippen LogP) is 4.40. The second kappa shape index (κ2) is 8.93. The Morgan fingerprint density at radius 2 is 1.76 bits per heavy atom. The van der Waals surface area contributed by atoms with Gasteiger partial charge in [-0.3, -0.25) is 0 Å². The van der Waals surface area contributed by atoms with Gasteiger partial charge in [0.05, 0.1) is 14.2 Å². The zero-order chi connectivity index (χ0) is 15.7. The molecular formula is C18H31NO2. The summed E-state index contributed by atoms with van der Waals surface area (Å²) in [5.74, 6) is 1.57. The van der Waals surface area contributed by atoms with Crippen molar-refractivity contribution in [2.24, 2.45) is 5.41 Å². The van der Waals surface area contributed by atoms with Crippen molar-refractivity contribution in [2.45, 2.75) is 53.0 Å². The van der Waals surface area contributed by atoms with Gasteiger partial charge < -0.3 is 14.8 Å². The van der Waals surface area contributed by atoms with E-state index in [1.54, 1.807) is 14.2 Å². The van der Waals surface area contributed by atoms with Crippen LogP contribution in [0.3, 0.4) is 0 Å². The van der Waals surface area contributed by atoms with Crippen LogP contribution in [0.4, 0.5) is 0 Å². The van der Waals surface area contributed by atoms with Crippen molar-refractivity contribution in [3.8, 4) is 11.5 Å². The number of unbranched alkanes of at least 4 members (excludes halogenated alkanes) is 2. The molecule has 3 heteroatoms. The van der Waals surface area contributed by atoms with Gasteiger partial charge in [0, 0.05) is 13.1 Å². The van der Waals surface area contributed by atoms with E-state index >= 15 is 0 Å². The number of methoxy groups -OCH3 is 2. The van der Waals surface area contributed by atoms with Crippen molar-refractivity contribution in [1.82, 2.24) is 5.32 Å². The Balaban J connectivity index is 2.44. The minimum absolute atomic E-state index is 0.353. The molecular weight excluding hydrogens is 262 g/mol. The van der Waals surface area contributed by atoms with Gasteiger partial charge in [-0.1, -0.05) is 46.1 Å². The molecule has 0 fully saturated rings. The highest BCUT2D eigenvalue weighted by Gasteiger charge is 2.16. The van der Waals surface area contributed by atoms with Gasteiger partial charge in [0.15, 0.2) is 11.5 Å². The van der Waals surface area contributed by atoms with Gasteiger partial charge in [0.2, 0.25) is 0 Å². The second-order valence-electron chi connectivity index (χ2n) is 6.41. The molecule has 1 N–H and O–H groups in total. The van der Waals surface area contributed by atoms with E-state index in [0.717, 1.165) is 24.6 Å². The van der Waals surface area contributed by atoms with Crippen molar-refractivity contribution in [1.29, 1.82) is 0 Å². The van der Waals surface area contributed by atoms with Gasteiger partial charge in [-0.15, -0.1) is 0 Å². The Hall–Kier alpha value is -1.22. The molecule has 0 aliphatic carbocycles. The smallest absolute Gasteiger partial charge is 0.161 e. The SMILES string of the molecule is CCCCCC(C)(C)CNCc1ccc(OC)c(OC)c1. The third-order valence-electron chi connectivity index (χ3n) is 3.84. The molecule has 21 heavy (non-hydrogen) atoms. The highest BCUT2D eigenvalue weighted by molar-refractivity contribution is 5.42. The van der Waals surface area contributed by atoms with Crippen LogP contribution in [0.25, 0.3) is 0 Å². The number of hydrogen-bond acceptors (Lipinski definition) is 3. The summed E-state index contributed by atoms with van der Waals surface area (Å²) in [5.41, 5.74) is 1.57.